The number of fused-ring (bicyclic) bond motifs is 1. The molecule has 1 unspecified atom stereocenters. The Morgan fingerprint density at radius 2 is 2.27 bits per heavy atom. The highest BCUT2D eigenvalue weighted by Crippen LogP contribution is 2.34. The smallest absolute Gasteiger partial charge is 0.137 e. The maximum atomic E-state index is 6.15. The summed E-state index contributed by atoms with van der Waals surface area (Å²) in [6.45, 7) is 1.56. The quantitative estimate of drug-likeness (QED) is 0.709. The Labute approximate surface area is 97.6 Å². The molecule has 0 radical (unpaired) electrons. The van der Waals surface area contributed by atoms with E-state index in [4.69, 9.17) is 16.3 Å². The van der Waals surface area contributed by atoms with Crippen LogP contribution in [0.2, 0.25) is 5.15 Å². The standard InChI is InChI=1S/C10H11ClN2OS/c11-9-7-4-15-5-8(7)12-10(13-9)6-1-2-14-3-6/h6H,1-5H2. The molecule has 1 atom stereocenters. The third-order valence-corrected chi connectivity index (χ3v) is 4.12. The summed E-state index contributed by atoms with van der Waals surface area (Å²) < 4.78 is 5.34. The van der Waals surface area contributed by atoms with Gasteiger partial charge < -0.3 is 4.74 Å². The van der Waals surface area contributed by atoms with E-state index in [0.29, 0.717) is 11.1 Å². The number of halogens is 1. The first-order valence-electron chi connectivity index (χ1n) is 5.05. The summed E-state index contributed by atoms with van der Waals surface area (Å²) >= 11 is 8.00. The molecule has 5 heteroatoms. The number of aromatic nitrogens is 2. The molecule has 0 N–H and O–H groups in total. The zero-order valence-electron chi connectivity index (χ0n) is 8.20. The minimum atomic E-state index is 0.346. The highest BCUT2D eigenvalue weighted by Gasteiger charge is 2.25. The molecule has 1 aromatic heterocycles. The fraction of sp³-hybridized carbons (Fsp3) is 0.600. The third kappa shape index (κ3) is 1.75. The average Bonchev–Trinajstić information content (AvgIpc) is 2.88. The molecule has 3 heterocycles. The highest BCUT2D eigenvalue weighted by atomic mass is 35.5. The molecule has 2 aliphatic rings. The second kappa shape index (κ2) is 3.92. The Kier molecular flexibility index (Phi) is 2.58. The van der Waals surface area contributed by atoms with Crippen molar-refractivity contribution in [1.29, 1.82) is 0 Å². The van der Waals surface area contributed by atoms with E-state index in [2.05, 4.69) is 9.97 Å². The number of hydrogen-bond donors (Lipinski definition) is 0. The van der Waals surface area contributed by atoms with Gasteiger partial charge in [-0.25, -0.2) is 9.97 Å². The lowest BCUT2D eigenvalue weighted by Crippen LogP contribution is -2.07. The molecule has 15 heavy (non-hydrogen) atoms. The lowest BCUT2D eigenvalue weighted by atomic mass is 10.1. The van der Waals surface area contributed by atoms with Gasteiger partial charge in [-0.1, -0.05) is 11.6 Å². The molecule has 80 valence electrons. The van der Waals surface area contributed by atoms with E-state index in [0.717, 1.165) is 48.2 Å². The van der Waals surface area contributed by atoms with E-state index >= 15 is 0 Å². The van der Waals surface area contributed by atoms with E-state index in [1.807, 2.05) is 11.8 Å². The van der Waals surface area contributed by atoms with E-state index < -0.39 is 0 Å². The van der Waals surface area contributed by atoms with Crippen LogP contribution in [0, 0.1) is 0 Å². The van der Waals surface area contributed by atoms with Crippen LogP contribution in [0.5, 0.6) is 0 Å². The summed E-state index contributed by atoms with van der Waals surface area (Å²) in [5.74, 6) is 3.14. The Balaban J connectivity index is 1.99. The Hall–Kier alpha value is -0.320. The normalized spacial score (nSPS) is 24.5. The zero-order valence-corrected chi connectivity index (χ0v) is 9.77. The molecule has 3 nitrogen and oxygen atoms in total. The minimum Gasteiger partial charge on any atom is -0.381 e. The fourth-order valence-corrected chi connectivity index (χ4v) is 3.33. The van der Waals surface area contributed by atoms with Gasteiger partial charge in [-0.2, -0.15) is 11.8 Å². The summed E-state index contributed by atoms with van der Waals surface area (Å²) in [5.41, 5.74) is 2.26. The molecular weight excluding hydrogens is 232 g/mol. The van der Waals surface area contributed by atoms with Crippen molar-refractivity contribution < 1.29 is 4.74 Å². The van der Waals surface area contributed by atoms with Gasteiger partial charge >= 0.3 is 0 Å². The lowest BCUT2D eigenvalue weighted by molar-refractivity contribution is 0.193. The van der Waals surface area contributed by atoms with Gasteiger partial charge in [0.15, 0.2) is 0 Å². The molecule has 1 aromatic rings. The summed E-state index contributed by atoms with van der Waals surface area (Å²) in [6.07, 6.45) is 1.02. The van der Waals surface area contributed by atoms with Crippen LogP contribution in [-0.2, 0) is 16.2 Å². The molecule has 0 saturated carbocycles. The van der Waals surface area contributed by atoms with Crippen LogP contribution in [0.3, 0.4) is 0 Å². The van der Waals surface area contributed by atoms with Crippen molar-refractivity contribution in [3.8, 4) is 0 Å². The van der Waals surface area contributed by atoms with Crippen LogP contribution in [0.4, 0.5) is 0 Å². The number of ether oxygens (including phenoxy) is 1. The summed E-state index contributed by atoms with van der Waals surface area (Å²) in [5, 5.41) is 0.645. The van der Waals surface area contributed by atoms with Crippen LogP contribution in [0.25, 0.3) is 0 Å². The zero-order chi connectivity index (χ0) is 10.3. The van der Waals surface area contributed by atoms with Gasteiger partial charge in [0.05, 0.1) is 12.3 Å². The SMILES string of the molecule is Clc1nc(C2CCOC2)nc2c1CSC2. The summed E-state index contributed by atoms with van der Waals surface area (Å²) in [4.78, 5) is 8.99. The maximum Gasteiger partial charge on any atom is 0.137 e. The molecule has 1 saturated heterocycles. The van der Waals surface area contributed by atoms with Gasteiger partial charge in [0.2, 0.25) is 0 Å². The van der Waals surface area contributed by atoms with Crippen LogP contribution in [0.15, 0.2) is 0 Å². The van der Waals surface area contributed by atoms with E-state index in [9.17, 15) is 0 Å². The molecule has 0 aliphatic carbocycles. The first kappa shape index (κ1) is 9.87. The Bertz CT molecular complexity index is 393. The first-order chi connectivity index (χ1) is 7.34. The Morgan fingerprint density at radius 1 is 1.33 bits per heavy atom. The van der Waals surface area contributed by atoms with E-state index in [-0.39, 0.29) is 0 Å². The summed E-state index contributed by atoms with van der Waals surface area (Å²) in [7, 11) is 0. The predicted octanol–water partition coefficient (Wildman–Crippen LogP) is 2.38. The minimum absolute atomic E-state index is 0.346. The summed E-state index contributed by atoms with van der Waals surface area (Å²) in [6, 6.07) is 0. The molecule has 1 fully saturated rings. The molecule has 0 amide bonds. The number of rotatable bonds is 1. The molecule has 0 bridgehead atoms. The maximum absolute atomic E-state index is 6.15. The fourth-order valence-electron chi connectivity index (χ4n) is 1.95. The van der Waals surface area contributed by atoms with E-state index in [1.54, 1.807) is 0 Å². The van der Waals surface area contributed by atoms with Crippen molar-refractivity contribution in [3.63, 3.8) is 0 Å². The second-order valence-corrected chi connectivity index (χ2v) is 5.19. The first-order valence-corrected chi connectivity index (χ1v) is 6.58. The van der Waals surface area contributed by atoms with Crippen molar-refractivity contribution in [2.45, 2.75) is 23.8 Å². The van der Waals surface area contributed by atoms with E-state index in [1.165, 1.54) is 0 Å². The molecule has 0 aromatic carbocycles. The van der Waals surface area contributed by atoms with Gasteiger partial charge in [-0.05, 0) is 6.42 Å². The Morgan fingerprint density at radius 3 is 3.07 bits per heavy atom. The van der Waals surface area contributed by atoms with Crippen molar-refractivity contribution in [2.75, 3.05) is 13.2 Å². The van der Waals surface area contributed by atoms with Gasteiger partial charge in [0.25, 0.3) is 0 Å². The van der Waals surface area contributed by atoms with Crippen LogP contribution >= 0.6 is 23.4 Å². The van der Waals surface area contributed by atoms with Crippen molar-refractivity contribution in [1.82, 2.24) is 9.97 Å². The molecular formula is C10H11ClN2OS. The van der Waals surface area contributed by atoms with Crippen molar-refractivity contribution >= 4 is 23.4 Å². The topological polar surface area (TPSA) is 35.0 Å². The molecule has 2 aliphatic heterocycles. The predicted molar refractivity (Wildman–Crippen MR) is 60.2 cm³/mol. The van der Waals surface area contributed by atoms with Crippen LogP contribution < -0.4 is 0 Å². The van der Waals surface area contributed by atoms with Crippen molar-refractivity contribution in [3.05, 3.63) is 22.2 Å². The van der Waals surface area contributed by atoms with Crippen LogP contribution in [-0.4, -0.2) is 23.2 Å². The highest BCUT2D eigenvalue weighted by molar-refractivity contribution is 7.98. The van der Waals surface area contributed by atoms with Gasteiger partial charge in [0.1, 0.15) is 11.0 Å². The number of nitrogens with zero attached hydrogens (tertiary/aromatic N) is 2. The largest absolute Gasteiger partial charge is 0.381 e. The lowest BCUT2D eigenvalue weighted by Gasteiger charge is -2.08. The van der Waals surface area contributed by atoms with Gasteiger partial charge in [0, 0.05) is 29.6 Å². The van der Waals surface area contributed by atoms with Crippen LogP contribution in [0.1, 0.15) is 29.4 Å². The average molecular weight is 243 g/mol. The molecule has 0 spiro atoms. The van der Waals surface area contributed by atoms with Gasteiger partial charge in [-0.15, -0.1) is 0 Å². The third-order valence-electron chi connectivity index (χ3n) is 2.84. The number of hydrogen-bond acceptors (Lipinski definition) is 4. The second-order valence-electron chi connectivity index (χ2n) is 3.85. The monoisotopic (exact) mass is 242 g/mol. The van der Waals surface area contributed by atoms with Crippen molar-refractivity contribution in [2.24, 2.45) is 0 Å². The molecule has 3 rings (SSSR count). The number of thioether (sulfide) groups is 1. The van der Waals surface area contributed by atoms with Gasteiger partial charge in [-0.3, -0.25) is 0 Å².